The largest absolute Gasteiger partial charge is 0.316 e. The summed E-state index contributed by atoms with van der Waals surface area (Å²) in [5.74, 6) is 0.573. The number of alkyl halides is 2. The molecule has 0 radical (unpaired) electrons. The summed E-state index contributed by atoms with van der Waals surface area (Å²) >= 11 is 0. The molecule has 0 aliphatic heterocycles. The van der Waals surface area contributed by atoms with E-state index in [9.17, 15) is 8.78 Å². The smallest absolute Gasteiger partial charge is 0.251 e. The normalized spacial score (nSPS) is 14.9. The summed E-state index contributed by atoms with van der Waals surface area (Å²) in [4.78, 5) is 1.72. The lowest BCUT2D eigenvalue weighted by Crippen LogP contribution is -2.46. The van der Waals surface area contributed by atoms with Crippen molar-refractivity contribution >= 4 is 0 Å². The average Bonchev–Trinajstić information content (AvgIpc) is 2.38. The van der Waals surface area contributed by atoms with E-state index >= 15 is 0 Å². The van der Waals surface area contributed by atoms with E-state index in [-0.39, 0.29) is 12.0 Å². The van der Waals surface area contributed by atoms with Gasteiger partial charge >= 0.3 is 0 Å². The SMILES string of the molecule is CC(C)CNCC(C)(CN(C)CC(F)F)c1ccccc1. The quantitative estimate of drug-likeness (QED) is 0.752. The molecule has 0 fully saturated rings. The van der Waals surface area contributed by atoms with Crippen LogP contribution in [0.2, 0.25) is 0 Å². The van der Waals surface area contributed by atoms with Crippen molar-refractivity contribution in [2.24, 2.45) is 5.92 Å². The number of likely N-dealkylation sites (N-methyl/N-ethyl adjacent to an activating group) is 1. The van der Waals surface area contributed by atoms with Crippen LogP contribution in [0, 0.1) is 5.92 Å². The van der Waals surface area contributed by atoms with E-state index < -0.39 is 6.43 Å². The van der Waals surface area contributed by atoms with Crippen LogP contribution in [0.1, 0.15) is 26.3 Å². The molecule has 1 N–H and O–H groups in total. The number of halogens is 2. The highest BCUT2D eigenvalue weighted by Crippen LogP contribution is 2.24. The fourth-order valence-electron chi connectivity index (χ4n) is 2.62. The lowest BCUT2D eigenvalue weighted by atomic mass is 9.81. The first kappa shape index (κ1) is 18.1. The topological polar surface area (TPSA) is 15.3 Å². The van der Waals surface area contributed by atoms with E-state index in [0.717, 1.165) is 13.1 Å². The summed E-state index contributed by atoms with van der Waals surface area (Å²) in [6, 6.07) is 10.1. The van der Waals surface area contributed by atoms with Crippen LogP contribution in [0.4, 0.5) is 8.78 Å². The number of benzene rings is 1. The lowest BCUT2D eigenvalue weighted by molar-refractivity contribution is 0.0901. The molecule has 0 aromatic heterocycles. The minimum atomic E-state index is -2.29. The monoisotopic (exact) mass is 298 g/mol. The maximum atomic E-state index is 12.6. The van der Waals surface area contributed by atoms with Gasteiger partial charge < -0.3 is 5.32 Å². The molecule has 1 aromatic carbocycles. The number of nitrogens with zero attached hydrogens (tertiary/aromatic N) is 1. The number of rotatable bonds is 9. The van der Waals surface area contributed by atoms with Crippen molar-refractivity contribution in [3.05, 3.63) is 35.9 Å². The lowest BCUT2D eigenvalue weighted by Gasteiger charge is -2.35. The zero-order valence-corrected chi connectivity index (χ0v) is 13.6. The second-order valence-corrected chi connectivity index (χ2v) is 6.54. The Bertz CT molecular complexity index is 395. The van der Waals surface area contributed by atoms with Crippen molar-refractivity contribution in [2.45, 2.75) is 32.6 Å². The highest BCUT2D eigenvalue weighted by molar-refractivity contribution is 5.25. The molecular weight excluding hydrogens is 270 g/mol. The molecule has 1 atom stereocenters. The van der Waals surface area contributed by atoms with Crippen molar-refractivity contribution < 1.29 is 8.78 Å². The molecule has 0 amide bonds. The summed E-state index contributed by atoms with van der Waals surface area (Å²) in [6.07, 6.45) is -2.29. The van der Waals surface area contributed by atoms with E-state index in [4.69, 9.17) is 0 Å². The molecule has 1 aromatic rings. The first-order valence-corrected chi connectivity index (χ1v) is 7.56. The van der Waals surface area contributed by atoms with Crippen molar-refractivity contribution in [2.75, 3.05) is 33.2 Å². The van der Waals surface area contributed by atoms with Gasteiger partial charge in [-0.2, -0.15) is 0 Å². The van der Waals surface area contributed by atoms with Crippen molar-refractivity contribution in [3.8, 4) is 0 Å². The summed E-state index contributed by atoms with van der Waals surface area (Å²) in [7, 11) is 1.76. The van der Waals surface area contributed by atoms with Crippen molar-refractivity contribution in [1.82, 2.24) is 10.2 Å². The molecule has 1 rings (SSSR count). The fraction of sp³-hybridized carbons (Fsp3) is 0.647. The number of nitrogens with one attached hydrogen (secondary N) is 1. The zero-order valence-electron chi connectivity index (χ0n) is 13.6. The van der Waals surface area contributed by atoms with Gasteiger partial charge in [-0.15, -0.1) is 0 Å². The molecule has 0 saturated carbocycles. The van der Waals surface area contributed by atoms with Gasteiger partial charge in [-0.05, 0) is 25.1 Å². The molecule has 0 aliphatic carbocycles. The maximum Gasteiger partial charge on any atom is 0.251 e. The van der Waals surface area contributed by atoms with Crippen molar-refractivity contribution in [1.29, 1.82) is 0 Å². The second kappa shape index (κ2) is 8.44. The highest BCUT2D eigenvalue weighted by atomic mass is 19.3. The summed E-state index contributed by atoms with van der Waals surface area (Å²) in [5.41, 5.74) is 1.00. The highest BCUT2D eigenvalue weighted by Gasteiger charge is 2.28. The van der Waals surface area contributed by atoms with Crippen LogP contribution in [-0.2, 0) is 5.41 Å². The van der Waals surface area contributed by atoms with Gasteiger partial charge in [0.25, 0.3) is 6.43 Å². The van der Waals surface area contributed by atoms with Gasteiger partial charge in [-0.25, -0.2) is 8.78 Å². The van der Waals surface area contributed by atoms with Crippen molar-refractivity contribution in [3.63, 3.8) is 0 Å². The molecule has 0 bridgehead atoms. The second-order valence-electron chi connectivity index (χ2n) is 6.54. The predicted molar refractivity (Wildman–Crippen MR) is 85.0 cm³/mol. The van der Waals surface area contributed by atoms with Gasteiger partial charge in [0.05, 0.1) is 6.54 Å². The minimum Gasteiger partial charge on any atom is -0.316 e. The Labute approximate surface area is 127 Å². The molecule has 0 spiro atoms. The van der Waals surface area contributed by atoms with Crippen LogP contribution in [0.25, 0.3) is 0 Å². The summed E-state index contributed by atoms with van der Waals surface area (Å²) in [6.45, 7) is 8.59. The molecule has 2 nitrogen and oxygen atoms in total. The summed E-state index contributed by atoms with van der Waals surface area (Å²) < 4.78 is 25.1. The van der Waals surface area contributed by atoms with Crippen LogP contribution in [0.3, 0.4) is 0 Å². The van der Waals surface area contributed by atoms with E-state index in [0.29, 0.717) is 12.5 Å². The molecule has 0 saturated heterocycles. The van der Waals surface area contributed by atoms with Crippen LogP contribution in [-0.4, -0.2) is 44.6 Å². The molecule has 21 heavy (non-hydrogen) atoms. The van der Waals surface area contributed by atoms with E-state index in [2.05, 4.69) is 38.2 Å². The Morgan fingerprint density at radius 3 is 2.33 bits per heavy atom. The van der Waals surface area contributed by atoms with E-state index in [1.807, 2.05) is 18.2 Å². The Hall–Kier alpha value is -1.00. The third kappa shape index (κ3) is 6.53. The molecule has 4 heteroatoms. The maximum absolute atomic E-state index is 12.6. The Morgan fingerprint density at radius 2 is 1.81 bits per heavy atom. The third-order valence-electron chi connectivity index (χ3n) is 3.61. The average molecular weight is 298 g/mol. The van der Waals surface area contributed by atoms with Crippen LogP contribution >= 0.6 is 0 Å². The molecule has 120 valence electrons. The zero-order chi connectivity index (χ0) is 15.9. The van der Waals surface area contributed by atoms with Gasteiger partial charge in [0, 0.05) is 18.5 Å². The van der Waals surface area contributed by atoms with E-state index in [1.165, 1.54) is 5.56 Å². The Morgan fingerprint density at radius 1 is 1.19 bits per heavy atom. The first-order valence-electron chi connectivity index (χ1n) is 7.56. The Balaban J connectivity index is 2.78. The van der Waals surface area contributed by atoms with Gasteiger partial charge in [0.15, 0.2) is 0 Å². The third-order valence-corrected chi connectivity index (χ3v) is 3.61. The van der Waals surface area contributed by atoms with E-state index in [1.54, 1.807) is 11.9 Å². The molecule has 1 unspecified atom stereocenters. The standard InChI is InChI=1S/C17H28F2N2/c1-14(2)10-20-12-17(3,13-21(4)11-16(18)19)15-8-6-5-7-9-15/h5-9,14,16,20H,10-13H2,1-4H3. The molecular formula is C17H28F2N2. The number of hydrogen-bond acceptors (Lipinski definition) is 2. The predicted octanol–water partition coefficient (Wildman–Crippen LogP) is 3.39. The van der Waals surface area contributed by atoms with Crippen LogP contribution in [0.5, 0.6) is 0 Å². The van der Waals surface area contributed by atoms with Gasteiger partial charge in [0.2, 0.25) is 0 Å². The van der Waals surface area contributed by atoms with Crippen LogP contribution < -0.4 is 5.32 Å². The first-order chi connectivity index (χ1) is 9.83. The summed E-state index contributed by atoms with van der Waals surface area (Å²) in [5, 5.41) is 3.47. The van der Waals surface area contributed by atoms with Gasteiger partial charge in [-0.1, -0.05) is 51.1 Å². The Kier molecular flexibility index (Phi) is 7.26. The molecule has 0 aliphatic rings. The minimum absolute atomic E-state index is 0.181. The van der Waals surface area contributed by atoms with Gasteiger partial charge in [0.1, 0.15) is 0 Å². The van der Waals surface area contributed by atoms with Gasteiger partial charge in [-0.3, -0.25) is 4.90 Å². The fourth-order valence-corrected chi connectivity index (χ4v) is 2.62. The molecule has 0 heterocycles. The number of hydrogen-bond donors (Lipinski definition) is 1. The van der Waals surface area contributed by atoms with Crippen LogP contribution in [0.15, 0.2) is 30.3 Å².